The van der Waals surface area contributed by atoms with Crippen LogP contribution in [0.1, 0.15) is 37.2 Å². The first-order valence-electron chi connectivity index (χ1n) is 5.09. The maximum atomic E-state index is 11.5. The van der Waals surface area contributed by atoms with Crippen molar-refractivity contribution in [3.05, 3.63) is 17.0 Å². The van der Waals surface area contributed by atoms with Gasteiger partial charge in [0, 0.05) is 18.5 Å². The number of carbonyl (C=O) groups is 1. The van der Waals surface area contributed by atoms with Crippen molar-refractivity contribution in [1.29, 1.82) is 0 Å². The van der Waals surface area contributed by atoms with Crippen LogP contribution in [0.2, 0.25) is 0 Å². The van der Waals surface area contributed by atoms with Gasteiger partial charge in [0.25, 0.3) is 0 Å². The molecule has 0 bridgehead atoms. The van der Waals surface area contributed by atoms with Crippen molar-refractivity contribution in [3.63, 3.8) is 0 Å². The van der Waals surface area contributed by atoms with E-state index in [4.69, 9.17) is 0 Å². The largest absolute Gasteiger partial charge is 0.332 e. The van der Waals surface area contributed by atoms with Gasteiger partial charge in [-0.3, -0.25) is 9.89 Å². The third-order valence-electron chi connectivity index (χ3n) is 2.73. The molecule has 1 amide bonds. The van der Waals surface area contributed by atoms with Gasteiger partial charge in [-0.2, -0.15) is 5.10 Å². The van der Waals surface area contributed by atoms with E-state index in [1.54, 1.807) is 0 Å². The topological polar surface area (TPSA) is 49.0 Å². The lowest BCUT2D eigenvalue weighted by Crippen LogP contribution is -2.24. The summed E-state index contributed by atoms with van der Waals surface area (Å²) >= 11 is 0. The van der Waals surface area contributed by atoms with E-state index >= 15 is 0 Å². The van der Waals surface area contributed by atoms with Crippen LogP contribution in [0.25, 0.3) is 0 Å². The smallest absolute Gasteiger partial charge is 0.222 e. The molecule has 1 aromatic heterocycles. The molecular weight excluding hydrogens is 178 g/mol. The third-order valence-corrected chi connectivity index (χ3v) is 2.73. The van der Waals surface area contributed by atoms with Crippen LogP contribution in [0, 0.1) is 0 Å². The molecule has 14 heavy (non-hydrogen) atoms. The van der Waals surface area contributed by atoms with Crippen molar-refractivity contribution in [1.82, 2.24) is 15.1 Å². The molecule has 0 spiro atoms. The molecule has 0 aliphatic carbocycles. The molecule has 0 fully saturated rings. The van der Waals surface area contributed by atoms with Gasteiger partial charge in [-0.15, -0.1) is 0 Å². The van der Waals surface area contributed by atoms with Crippen LogP contribution in [0.5, 0.6) is 0 Å². The predicted octanol–water partition coefficient (Wildman–Crippen LogP) is 1.22. The first-order valence-corrected chi connectivity index (χ1v) is 5.09. The molecule has 76 valence electrons. The highest BCUT2D eigenvalue weighted by molar-refractivity contribution is 5.76. The molecule has 0 aromatic carbocycles. The van der Waals surface area contributed by atoms with Gasteiger partial charge in [-0.05, 0) is 6.42 Å². The minimum atomic E-state index is 0.219. The predicted molar refractivity (Wildman–Crippen MR) is 52.5 cm³/mol. The van der Waals surface area contributed by atoms with Crippen LogP contribution in [0.15, 0.2) is 0 Å². The lowest BCUT2D eigenvalue weighted by molar-refractivity contribution is -0.131. The average molecular weight is 193 g/mol. The summed E-state index contributed by atoms with van der Waals surface area (Å²) in [5, 5.41) is 7.22. The number of fused-ring (bicyclic) bond motifs is 1. The highest BCUT2D eigenvalue weighted by Gasteiger charge is 2.26. The Hall–Kier alpha value is -1.32. The molecule has 1 aromatic rings. The Bertz CT molecular complexity index is 356. The van der Waals surface area contributed by atoms with Gasteiger partial charge < -0.3 is 4.90 Å². The molecule has 0 radical (unpaired) electrons. The number of H-pyrrole nitrogens is 1. The van der Waals surface area contributed by atoms with Gasteiger partial charge in [0.05, 0.1) is 17.9 Å². The van der Waals surface area contributed by atoms with E-state index in [0.29, 0.717) is 13.0 Å². The Balaban J connectivity index is 2.18. The zero-order valence-corrected chi connectivity index (χ0v) is 8.63. The monoisotopic (exact) mass is 193 g/mol. The Morgan fingerprint density at radius 2 is 2.29 bits per heavy atom. The normalized spacial score (nSPS) is 14.6. The molecule has 0 unspecified atom stereocenters. The van der Waals surface area contributed by atoms with Gasteiger partial charge in [-0.25, -0.2) is 0 Å². The lowest BCUT2D eigenvalue weighted by Gasteiger charge is -2.13. The van der Waals surface area contributed by atoms with Gasteiger partial charge >= 0.3 is 0 Å². The fraction of sp³-hybridized carbons (Fsp3) is 0.600. The van der Waals surface area contributed by atoms with E-state index in [0.717, 1.165) is 24.4 Å². The average Bonchev–Trinajstić information content (AvgIpc) is 2.74. The standard InChI is InChI=1S/C10H15N3O/c1-3-8-7-5-13(10(14)4-2)6-9(7)12-11-8/h3-6H2,1-2H3,(H,11,12). The first-order chi connectivity index (χ1) is 6.76. The quantitative estimate of drug-likeness (QED) is 0.767. The molecule has 1 aliphatic rings. The Labute approximate surface area is 83.3 Å². The summed E-state index contributed by atoms with van der Waals surface area (Å²) in [6.45, 7) is 5.42. The van der Waals surface area contributed by atoms with E-state index in [-0.39, 0.29) is 5.91 Å². The SMILES string of the molecule is CCC(=O)N1Cc2[nH]nc(CC)c2C1. The van der Waals surface area contributed by atoms with E-state index in [1.165, 1.54) is 5.56 Å². The molecule has 4 heteroatoms. The fourth-order valence-electron chi connectivity index (χ4n) is 1.89. The summed E-state index contributed by atoms with van der Waals surface area (Å²) in [6.07, 6.45) is 1.51. The molecule has 0 saturated carbocycles. The highest BCUT2D eigenvalue weighted by atomic mass is 16.2. The van der Waals surface area contributed by atoms with Crippen LogP contribution in [-0.2, 0) is 24.3 Å². The summed E-state index contributed by atoms with van der Waals surface area (Å²) in [5.41, 5.74) is 3.45. The second-order valence-electron chi connectivity index (χ2n) is 3.58. The van der Waals surface area contributed by atoms with E-state index < -0.39 is 0 Å². The van der Waals surface area contributed by atoms with Crippen LogP contribution >= 0.6 is 0 Å². The van der Waals surface area contributed by atoms with Gasteiger partial charge in [0.2, 0.25) is 5.91 Å². The molecule has 0 saturated heterocycles. The minimum absolute atomic E-state index is 0.219. The second-order valence-corrected chi connectivity index (χ2v) is 3.58. The zero-order chi connectivity index (χ0) is 10.1. The van der Waals surface area contributed by atoms with Crippen molar-refractivity contribution in [2.75, 3.05) is 0 Å². The van der Waals surface area contributed by atoms with Crippen LogP contribution in [0.3, 0.4) is 0 Å². The number of nitrogens with zero attached hydrogens (tertiary/aromatic N) is 2. The Morgan fingerprint density at radius 1 is 1.50 bits per heavy atom. The van der Waals surface area contributed by atoms with Crippen molar-refractivity contribution < 1.29 is 4.79 Å². The number of hydrogen-bond donors (Lipinski definition) is 1. The van der Waals surface area contributed by atoms with E-state index in [1.807, 2.05) is 11.8 Å². The number of rotatable bonds is 2. The van der Waals surface area contributed by atoms with Crippen LogP contribution < -0.4 is 0 Å². The Morgan fingerprint density at radius 3 is 2.93 bits per heavy atom. The van der Waals surface area contributed by atoms with Crippen molar-refractivity contribution in [3.8, 4) is 0 Å². The molecule has 2 heterocycles. The lowest BCUT2D eigenvalue weighted by atomic mass is 10.2. The molecule has 0 atom stereocenters. The fourth-order valence-corrected chi connectivity index (χ4v) is 1.89. The van der Waals surface area contributed by atoms with Crippen LogP contribution in [-0.4, -0.2) is 21.0 Å². The number of aromatic amines is 1. The van der Waals surface area contributed by atoms with Crippen molar-refractivity contribution >= 4 is 5.91 Å². The summed E-state index contributed by atoms with van der Waals surface area (Å²) in [7, 11) is 0. The molecule has 4 nitrogen and oxygen atoms in total. The number of aryl methyl sites for hydroxylation is 1. The maximum absolute atomic E-state index is 11.5. The number of aromatic nitrogens is 2. The number of carbonyl (C=O) groups excluding carboxylic acids is 1. The molecule has 2 rings (SSSR count). The molecule has 1 N–H and O–H groups in total. The highest BCUT2D eigenvalue weighted by Crippen LogP contribution is 2.24. The number of nitrogens with one attached hydrogen (secondary N) is 1. The minimum Gasteiger partial charge on any atom is -0.332 e. The first kappa shape index (κ1) is 9.24. The van der Waals surface area contributed by atoms with Gasteiger partial charge in [0.1, 0.15) is 0 Å². The van der Waals surface area contributed by atoms with Crippen molar-refractivity contribution in [2.45, 2.75) is 39.8 Å². The molecular formula is C10H15N3O. The van der Waals surface area contributed by atoms with Crippen LogP contribution in [0.4, 0.5) is 0 Å². The van der Waals surface area contributed by atoms with E-state index in [9.17, 15) is 4.79 Å². The van der Waals surface area contributed by atoms with Gasteiger partial charge in [0.15, 0.2) is 0 Å². The maximum Gasteiger partial charge on any atom is 0.222 e. The Kier molecular flexibility index (Phi) is 2.27. The van der Waals surface area contributed by atoms with Crippen molar-refractivity contribution in [2.24, 2.45) is 0 Å². The summed E-state index contributed by atoms with van der Waals surface area (Å²) in [6, 6.07) is 0. The van der Waals surface area contributed by atoms with Gasteiger partial charge in [-0.1, -0.05) is 13.8 Å². The second kappa shape index (κ2) is 3.44. The summed E-state index contributed by atoms with van der Waals surface area (Å²) in [4.78, 5) is 13.3. The molecule has 1 aliphatic heterocycles. The summed E-state index contributed by atoms with van der Waals surface area (Å²) in [5.74, 6) is 0.219. The number of amides is 1. The summed E-state index contributed by atoms with van der Waals surface area (Å²) < 4.78 is 0. The third kappa shape index (κ3) is 1.31. The van der Waals surface area contributed by atoms with E-state index in [2.05, 4.69) is 17.1 Å². The zero-order valence-electron chi connectivity index (χ0n) is 8.63. The number of hydrogen-bond acceptors (Lipinski definition) is 2.